The first-order valence-corrected chi connectivity index (χ1v) is 7.14. The lowest BCUT2D eigenvalue weighted by molar-refractivity contribution is -0.140. The maximum Gasteiger partial charge on any atom is 0.320 e. The van der Waals surface area contributed by atoms with E-state index in [0.29, 0.717) is 18.3 Å². The van der Waals surface area contributed by atoms with Crippen LogP contribution in [-0.4, -0.2) is 47.6 Å². The number of likely N-dealkylation sites (tertiary alicyclic amines) is 1. The summed E-state index contributed by atoms with van der Waals surface area (Å²) in [5.41, 5.74) is 0. The van der Waals surface area contributed by atoms with Gasteiger partial charge in [-0.3, -0.25) is 14.9 Å². The van der Waals surface area contributed by atoms with E-state index in [2.05, 4.69) is 12.2 Å². The van der Waals surface area contributed by atoms with Gasteiger partial charge in [0.2, 0.25) is 5.91 Å². The molecule has 1 rings (SSSR count). The van der Waals surface area contributed by atoms with Crippen LogP contribution in [0.5, 0.6) is 0 Å². The second kappa shape index (κ2) is 7.48. The first-order chi connectivity index (χ1) is 8.90. The third-order valence-electron chi connectivity index (χ3n) is 3.51. The highest BCUT2D eigenvalue weighted by Crippen LogP contribution is 2.15. The minimum absolute atomic E-state index is 0.0153. The van der Waals surface area contributed by atoms with Gasteiger partial charge in [0.05, 0.1) is 6.54 Å². The summed E-state index contributed by atoms with van der Waals surface area (Å²) in [6.45, 7) is 7.81. The fraction of sp³-hybridized carbons (Fsp3) is 0.857. The van der Waals surface area contributed by atoms with Crippen molar-refractivity contribution in [1.82, 2.24) is 10.2 Å². The zero-order valence-corrected chi connectivity index (χ0v) is 12.2. The van der Waals surface area contributed by atoms with Crippen molar-refractivity contribution in [2.75, 3.05) is 19.6 Å². The van der Waals surface area contributed by atoms with E-state index in [1.165, 1.54) is 6.42 Å². The van der Waals surface area contributed by atoms with Crippen molar-refractivity contribution in [3.8, 4) is 0 Å². The number of carbonyl (C=O) groups is 2. The highest BCUT2D eigenvalue weighted by atomic mass is 16.4. The molecule has 0 spiro atoms. The maximum atomic E-state index is 12.0. The van der Waals surface area contributed by atoms with Crippen LogP contribution < -0.4 is 5.32 Å². The summed E-state index contributed by atoms with van der Waals surface area (Å²) in [5.74, 6) is -0.0302. The summed E-state index contributed by atoms with van der Waals surface area (Å²) in [6, 6.07) is -0.633. The van der Waals surface area contributed by atoms with Crippen LogP contribution in [0.25, 0.3) is 0 Å². The molecule has 1 fully saturated rings. The number of piperidine rings is 1. The highest BCUT2D eigenvalue weighted by molar-refractivity contribution is 5.80. The first-order valence-electron chi connectivity index (χ1n) is 7.14. The number of hydrogen-bond donors (Lipinski definition) is 2. The largest absolute Gasteiger partial charge is 0.480 e. The monoisotopic (exact) mass is 270 g/mol. The van der Waals surface area contributed by atoms with Crippen molar-refractivity contribution in [3.05, 3.63) is 0 Å². The molecule has 0 saturated carbocycles. The number of nitrogens with zero attached hydrogens (tertiary/aromatic N) is 1. The van der Waals surface area contributed by atoms with Crippen molar-refractivity contribution in [2.24, 2.45) is 11.8 Å². The molecule has 2 unspecified atom stereocenters. The average molecular weight is 270 g/mol. The molecule has 0 radical (unpaired) electrons. The molecule has 0 aromatic carbocycles. The number of nitrogens with one attached hydrogen (secondary N) is 1. The fourth-order valence-corrected chi connectivity index (χ4v) is 2.48. The summed E-state index contributed by atoms with van der Waals surface area (Å²) in [7, 11) is 0. The van der Waals surface area contributed by atoms with Crippen molar-refractivity contribution in [2.45, 2.75) is 46.1 Å². The summed E-state index contributed by atoms with van der Waals surface area (Å²) in [6.07, 6.45) is 2.75. The number of carbonyl (C=O) groups excluding carboxylic acids is 1. The van der Waals surface area contributed by atoms with Crippen LogP contribution in [0.4, 0.5) is 0 Å². The number of carboxylic acid groups (broad SMARTS) is 1. The Labute approximate surface area is 115 Å². The lowest BCUT2D eigenvalue weighted by Crippen LogP contribution is -2.47. The Morgan fingerprint density at radius 1 is 1.42 bits per heavy atom. The molecular weight excluding hydrogens is 244 g/mol. The van der Waals surface area contributed by atoms with Gasteiger partial charge in [0.25, 0.3) is 0 Å². The molecule has 0 bridgehead atoms. The van der Waals surface area contributed by atoms with Gasteiger partial charge in [-0.2, -0.15) is 0 Å². The smallest absolute Gasteiger partial charge is 0.320 e. The Kier molecular flexibility index (Phi) is 6.28. The van der Waals surface area contributed by atoms with Crippen LogP contribution in [0, 0.1) is 11.8 Å². The van der Waals surface area contributed by atoms with Crippen molar-refractivity contribution in [1.29, 1.82) is 0 Å². The van der Waals surface area contributed by atoms with E-state index < -0.39 is 12.0 Å². The lowest BCUT2D eigenvalue weighted by atomic mass is 10.0. The zero-order valence-electron chi connectivity index (χ0n) is 12.2. The maximum absolute atomic E-state index is 12.0. The Balaban J connectivity index is 2.40. The first kappa shape index (κ1) is 16.0. The van der Waals surface area contributed by atoms with E-state index in [1.807, 2.05) is 18.7 Å². The van der Waals surface area contributed by atoms with Gasteiger partial charge in [0.1, 0.15) is 6.04 Å². The van der Waals surface area contributed by atoms with Crippen LogP contribution in [0.3, 0.4) is 0 Å². The Morgan fingerprint density at radius 2 is 2.11 bits per heavy atom. The quantitative estimate of drug-likeness (QED) is 0.764. The summed E-state index contributed by atoms with van der Waals surface area (Å²) in [4.78, 5) is 25.0. The molecule has 1 aliphatic heterocycles. The summed E-state index contributed by atoms with van der Waals surface area (Å²) >= 11 is 0. The second-order valence-electron chi connectivity index (χ2n) is 5.99. The molecule has 110 valence electrons. The van der Waals surface area contributed by atoms with Crippen molar-refractivity contribution < 1.29 is 14.7 Å². The normalized spacial score (nSPS) is 21.5. The molecule has 2 N–H and O–H groups in total. The van der Waals surface area contributed by atoms with Gasteiger partial charge in [-0.1, -0.05) is 20.8 Å². The molecule has 2 atom stereocenters. The third-order valence-corrected chi connectivity index (χ3v) is 3.51. The molecule has 5 heteroatoms. The van der Waals surface area contributed by atoms with E-state index >= 15 is 0 Å². The van der Waals surface area contributed by atoms with Crippen LogP contribution in [0.1, 0.15) is 40.0 Å². The summed E-state index contributed by atoms with van der Waals surface area (Å²) < 4.78 is 0. The highest BCUT2D eigenvalue weighted by Gasteiger charge is 2.23. The molecule has 1 amide bonds. The summed E-state index contributed by atoms with van der Waals surface area (Å²) in [5, 5.41) is 12.0. The molecule has 1 heterocycles. The van der Waals surface area contributed by atoms with Gasteiger partial charge in [0, 0.05) is 13.1 Å². The second-order valence-corrected chi connectivity index (χ2v) is 5.99. The topological polar surface area (TPSA) is 69.6 Å². The van der Waals surface area contributed by atoms with E-state index in [-0.39, 0.29) is 12.5 Å². The van der Waals surface area contributed by atoms with Gasteiger partial charge in [-0.25, -0.2) is 0 Å². The third kappa shape index (κ3) is 5.59. The van der Waals surface area contributed by atoms with Crippen LogP contribution >= 0.6 is 0 Å². The minimum Gasteiger partial charge on any atom is -0.480 e. The van der Waals surface area contributed by atoms with Crippen molar-refractivity contribution >= 4 is 11.9 Å². The average Bonchev–Trinajstić information content (AvgIpc) is 2.33. The number of amides is 1. The fourth-order valence-electron chi connectivity index (χ4n) is 2.48. The lowest BCUT2D eigenvalue weighted by Gasteiger charge is -2.31. The van der Waals surface area contributed by atoms with Gasteiger partial charge >= 0.3 is 5.97 Å². The molecule has 0 aromatic heterocycles. The minimum atomic E-state index is -0.881. The molecule has 1 aliphatic rings. The van der Waals surface area contributed by atoms with Gasteiger partial charge in [0.15, 0.2) is 0 Å². The van der Waals surface area contributed by atoms with Gasteiger partial charge < -0.3 is 10.0 Å². The number of hydrogen-bond acceptors (Lipinski definition) is 3. The van der Waals surface area contributed by atoms with Crippen LogP contribution in [-0.2, 0) is 9.59 Å². The number of carboxylic acids is 1. The predicted molar refractivity (Wildman–Crippen MR) is 73.9 cm³/mol. The van der Waals surface area contributed by atoms with E-state index in [4.69, 9.17) is 5.11 Å². The molecule has 1 saturated heterocycles. The van der Waals surface area contributed by atoms with Crippen LogP contribution in [0.15, 0.2) is 0 Å². The van der Waals surface area contributed by atoms with E-state index in [0.717, 1.165) is 19.5 Å². The Bertz CT molecular complexity index is 318. The Hall–Kier alpha value is -1.10. The van der Waals surface area contributed by atoms with Gasteiger partial charge in [-0.05, 0) is 31.1 Å². The van der Waals surface area contributed by atoms with E-state index in [9.17, 15) is 9.59 Å². The molecule has 5 nitrogen and oxygen atoms in total. The van der Waals surface area contributed by atoms with Gasteiger partial charge in [-0.15, -0.1) is 0 Å². The molecule has 19 heavy (non-hydrogen) atoms. The standard InChI is InChI=1S/C14H26N2O3/c1-10(2)7-12(14(18)19)15-8-13(17)16-6-4-5-11(3)9-16/h10-12,15H,4-9H2,1-3H3,(H,18,19). The molecular formula is C14H26N2O3. The predicted octanol–water partition coefficient (Wildman–Crippen LogP) is 1.33. The molecule has 0 aromatic rings. The Morgan fingerprint density at radius 3 is 2.63 bits per heavy atom. The van der Waals surface area contributed by atoms with Crippen LogP contribution in [0.2, 0.25) is 0 Å². The number of aliphatic carboxylic acids is 1. The number of rotatable bonds is 6. The zero-order chi connectivity index (χ0) is 14.4. The van der Waals surface area contributed by atoms with E-state index in [1.54, 1.807) is 0 Å². The SMILES string of the molecule is CC(C)CC(NCC(=O)N1CCCC(C)C1)C(=O)O. The van der Waals surface area contributed by atoms with Crippen molar-refractivity contribution in [3.63, 3.8) is 0 Å². The molecule has 0 aliphatic carbocycles.